The molecule has 0 radical (unpaired) electrons. The summed E-state index contributed by atoms with van der Waals surface area (Å²) in [6.45, 7) is 3.30. The Kier molecular flexibility index (Phi) is 4.88. The first-order valence-electron chi connectivity index (χ1n) is 8.80. The number of carbonyl (C=O) groups excluding carboxylic acids is 1. The fraction of sp³-hybridized carbons (Fsp3) is 0.263. The third kappa shape index (κ3) is 3.85. The van der Waals surface area contributed by atoms with E-state index < -0.39 is 0 Å². The average molecular weight is 366 g/mol. The number of amides is 1. The predicted octanol–water partition coefficient (Wildman–Crippen LogP) is 1.76. The van der Waals surface area contributed by atoms with Crippen LogP contribution >= 0.6 is 0 Å². The van der Waals surface area contributed by atoms with E-state index in [-0.39, 0.29) is 11.7 Å². The summed E-state index contributed by atoms with van der Waals surface area (Å²) >= 11 is 0. The minimum atomic E-state index is -0.340. The molecular formula is C19H19FN6O. The summed E-state index contributed by atoms with van der Waals surface area (Å²) in [5, 5.41) is 12.0. The van der Waals surface area contributed by atoms with Gasteiger partial charge in [0.15, 0.2) is 5.82 Å². The monoisotopic (exact) mass is 366 g/mol. The van der Waals surface area contributed by atoms with Crippen LogP contribution in [0.5, 0.6) is 0 Å². The van der Waals surface area contributed by atoms with Crippen molar-refractivity contribution >= 4 is 5.91 Å². The van der Waals surface area contributed by atoms with Crippen LogP contribution in [0.4, 0.5) is 4.39 Å². The van der Waals surface area contributed by atoms with Crippen LogP contribution in [-0.4, -0.2) is 62.1 Å². The van der Waals surface area contributed by atoms with Gasteiger partial charge in [-0.15, -0.1) is 5.10 Å². The zero-order valence-electron chi connectivity index (χ0n) is 14.7. The van der Waals surface area contributed by atoms with E-state index in [4.69, 9.17) is 0 Å². The van der Waals surface area contributed by atoms with Crippen molar-refractivity contribution in [1.29, 1.82) is 0 Å². The molecule has 0 atom stereocenters. The summed E-state index contributed by atoms with van der Waals surface area (Å²) in [5.74, 6) is 0.357. The highest BCUT2D eigenvalue weighted by atomic mass is 19.1. The van der Waals surface area contributed by atoms with E-state index in [1.165, 1.54) is 24.3 Å². The maximum Gasteiger partial charge on any atom is 0.253 e. The van der Waals surface area contributed by atoms with Gasteiger partial charge in [0.2, 0.25) is 0 Å². The van der Waals surface area contributed by atoms with Crippen molar-refractivity contribution < 1.29 is 9.18 Å². The van der Waals surface area contributed by atoms with Crippen LogP contribution in [0, 0.1) is 5.82 Å². The number of para-hydroxylation sites is 1. The maximum absolute atomic E-state index is 13.0. The molecule has 8 heteroatoms. The Labute approximate surface area is 156 Å². The van der Waals surface area contributed by atoms with Gasteiger partial charge >= 0.3 is 0 Å². The molecule has 0 bridgehead atoms. The van der Waals surface area contributed by atoms with Crippen LogP contribution in [0.2, 0.25) is 0 Å². The minimum Gasteiger partial charge on any atom is -0.336 e. The molecule has 1 aliphatic heterocycles. The molecule has 1 aliphatic rings. The Bertz CT molecular complexity index is 903. The van der Waals surface area contributed by atoms with Crippen LogP contribution in [-0.2, 0) is 6.54 Å². The largest absolute Gasteiger partial charge is 0.336 e. The van der Waals surface area contributed by atoms with Gasteiger partial charge in [-0.05, 0) is 46.8 Å². The van der Waals surface area contributed by atoms with Gasteiger partial charge in [-0.25, -0.2) is 4.39 Å². The van der Waals surface area contributed by atoms with E-state index in [2.05, 4.69) is 20.4 Å². The number of rotatable bonds is 4. The molecule has 1 amide bonds. The highest BCUT2D eigenvalue weighted by Crippen LogP contribution is 2.13. The van der Waals surface area contributed by atoms with Crippen molar-refractivity contribution in [3.8, 4) is 5.69 Å². The van der Waals surface area contributed by atoms with Crippen molar-refractivity contribution in [1.82, 2.24) is 30.0 Å². The van der Waals surface area contributed by atoms with Crippen LogP contribution in [0.3, 0.4) is 0 Å². The Morgan fingerprint density at radius 3 is 2.37 bits per heavy atom. The van der Waals surface area contributed by atoms with Gasteiger partial charge in [0.1, 0.15) is 5.82 Å². The van der Waals surface area contributed by atoms with Gasteiger partial charge in [-0.1, -0.05) is 18.2 Å². The third-order valence-electron chi connectivity index (χ3n) is 4.65. The summed E-state index contributed by atoms with van der Waals surface area (Å²) in [7, 11) is 0. The molecule has 7 nitrogen and oxygen atoms in total. The lowest BCUT2D eigenvalue weighted by atomic mass is 10.2. The molecule has 1 aromatic heterocycles. The number of hydrogen-bond acceptors (Lipinski definition) is 5. The molecule has 0 N–H and O–H groups in total. The van der Waals surface area contributed by atoms with Crippen molar-refractivity contribution in [3.63, 3.8) is 0 Å². The van der Waals surface area contributed by atoms with E-state index >= 15 is 0 Å². The SMILES string of the molecule is O=C(c1ccc(F)cc1)N1CCN(Cc2nnnn2-c2ccccc2)CC1. The minimum absolute atomic E-state index is 0.0660. The number of carbonyl (C=O) groups is 1. The molecular weight excluding hydrogens is 347 g/mol. The van der Waals surface area contributed by atoms with E-state index in [0.717, 1.165) is 24.6 Å². The van der Waals surface area contributed by atoms with E-state index in [1.54, 1.807) is 9.58 Å². The normalized spacial score (nSPS) is 15.1. The number of hydrogen-bond donors (Lipinski definition) is 0. The average Bonchev–Trinajstić information content (AvgIpc) is 3.17. The predicted molar refractivity (Wildman–Crippen MR) is 96.7 cm³/mol. The first kappa shape index (κ1) is 17.3. The molecule has 0 unspecified atom stereocenters. The maximum atomic E-state index is 13.0. The fourth-order valence-corrected chi connectivity index (χ4v) is 3.16. The van der Waals surface area contributed by atoms with E-state index in [0.29, 0.717) is 25.2 Å². The molecule has 3 aromatic rings. The lowest BCUT2D eigenvalue weighted by Crippen LogP contribution is -2.48. The summed E-state index contributed by atoms with van der Waals surface area (Å²) in [6, 6.07) is 15.4. The van der Waals surface area contributed by atoms with Crippen molar-refractivity contribution in [2.24, 2.45) is 0 Å². The molecule has 4 rings (SSSR count). The van der Waals surface area contributed by atoms with Gasteiger partial charge < -0.3 is 4.90 Å². The summed E-state index contributed by atoms with van der Waals surface area (Å²) in [6.07, 6.45) is 0. The smallest absolute Gasteiger partial charge is 0.253 e. The second-order valence-electron chi connectivity index (χ2n) is 6.42. The molecule has 1 fully saturated rings. The summed E-state index contributed by atoms with van der Waals surface area (Å²) < 4.78 is 14.8. The molecule has 2 heterocycles. The lowest BCUT2D eigenvalue weighted by Gasteiger charge is -2.34. The number of benzene rings is 2. The molecule has 27 heavy (non-hydrogen) atoms. The molecule has 0 saturated carbocycles. The summed E-state index contributed by atoms with van der Waals surface area (Å²) in [4.78, 5) is 16.5. The highest BCUT2D eigenvalue weighted by Gasteiger charge is 2.23. The van der Waals surface area contributed by atoms with Gasteiger partial charge in [0.25, 0.3) is 5.91 Å². The number of piperazine rings is 1. The Morgan fingerprint density at radius 1 is 0.963 bits per heavy atom. The van der Waals surface area contributed by atoms with Gasteiger partial charge in [0, 0.05) is 31.7 Å². The van der Waals surface area contributed by atoms with Gasteiger partial charge in [-0.3, -0.25) is 9.69 Å². The van der Waals surface area contributed by atoms with Crippen LogP contribution < -0.4 is 0 Å². The second kappa shape index (κ2) is 7.63. The van der Waals surface area contributed by atoms with Crippen molar-refractivity contribution in [3.05, 3.63) is 71.8 Å². The molecule has 2 aromatic carbocycles. The van der Waals surface area contributed by atoms with Crippen molar-refractivity contribution in [2.45, 2.75) is 6.54 Å². The molecule has 0 spiro atoms. The van der Waals surface area contributed by atoms with Crippen LogP contribution in [0.15, 0.2) is 54.6 Å². The first-order chi connectivity index (χ1) is 13.2. The highest BCUT2D eigenvalue weighted by molar-refractivity contribution is 5.94. The number of aromatic nitrogens is 4. The molecule has 1 saturated heterocycles. The fourth-order valence-electron chi connectivity index (χ4n) is 3.16. The zero-order valence-corrected chi connectivity index (χ0v) is 14.7. The van der Waals surface area contributed by atoms with Crippen LogP contribution in [0.1, 0.15) is 16.2 Å². The second-order valence-corrected chi connectivity index (χ2v) is 6.42. The zero-order chi connectivity index (χ0) is 18.6. The van der Waals surface area contributed by atoms with Gasteiger partial charge in [-0.2, -0.15) is 4.68 Å². The molecule has 0 aliphatic carbocycles. The molecule has 138 valence electrons. The Hall–Kier alpha value is -3.13. The first-order valence-corrected chi connectivity index (χ1v) is 8.80. The van der Waals surface area contributed by atoms with E-state index in [1.807, 2.05) is 30.3 Å². The Balaban J connectivity index is 1.37. The van der Waals surface area contributed by atoms with E-state index in [9.17, 15) is 9.18 Å². The Morgan fingerprint density at radius 2 is 1.67 bits per heavy atom. The van der Waals surface area contributed by atoms with Crippen molar-refractivity contribution in [2.75, 3.05) is 26.2 Å². The van der Waals surface area contributed by atoms with Gasteiger partial charge in [0.05, 0.1) is 12.2 Å². The topological polar surface area (TPSA) is 67.2 Å². The standard InChI is InChI=1S/C19H19FN6O/c20-16-8-6-15(7-9-16)19(27)25-12-10-24(11-13-25)14-18-21-22-23-26(18)17-4-2-1-3-5-17/h1-9H,10-14H2. The summed E-state index contributed by atoms with van der Waals surface area (Å²) in [5.41, 5.74) is 1.43. The van der Waals surface area contributed by atoms with Crippen LogP contribution in [0.25, 0.3) is 5.69 Å². The lowest BCUT2D eigenvalue weighted by molar-refractivity contribution is 0.0624. The number of halogens is 1. The quantitative estimate of drug-likeness (QED) is 0.704. The third-order valence-corrected chi connectivity index (χ3v) is 4.65. The number of nitrogens with zero attached hydrogens (tertiary/aromatic N) is 6. The number of tetrazole rings is 1.